The van der Waals surface area contributed by atoms with Gasteiger partial charge in [0.05, 0.1) is 18.4 Å². The van der Waals surface area contributed by atoms with Gasteiger partial charge in [0.2, 0.25) is 0 Å². The Morgan fingerprint density at radius 3 is 2.59 bits per heavy atom. The molecule has 0 atom stereocenters. The lowest BCUT2D eigenvalue weighted by molar-refractivity contribution is 0.284. The Kier molecular flexibility index (Phi) is 5.17. The van der Waals surface area contributed by atoms with E-state index in [9.17, 15) is 5.26 Å². The molecular weight excluding hydrogens is 298 g/mol. The summed E-state index contributed by atoms with van der Waals surface area (Å²) in [4.78, 5) is 0. The van der Waals surface area contributed by atoms with E-state index in [1.54, 1.807) is 12.1 Å². The Morgan fingerprint density at radius 1 is 1.27 bits per heavy atom. The van der Waals surface area contributed by atoms with Crippen LogP contribution in [0.4, 0.5) is 5.69 Å². The molecule has 0 amide bonds. The highest BCUT2D eigenvalue weighted by Gasteiger charge is 2.12. The van der Waals surface area contributed by atoms with E-state index in [1.165, 1.54) is 7.11 Å². The summed E-state index contributed by atoms with van der Waals surface area (Å²) in [5, 5.41) is 12.0. The molecule has 5 nitrogen and oxygen atoms in total. The van der Waals surface area contributed by atoms with Crippen molar-refractivity contribution < 1.29 is 9.47 Å². The Balaban J connectivity index is 2.28. The van der Waals surface area contributed by atoms with E-state index >= 15 is 0 Å². The van der Waals surface area contributed by atoms with E-state index in [-0.39, 0.29) is 5.11 Å². The molecule has 0 saturated carbocycles. The first-order chi connectivity index (χ1) is 10.6. The molecule has 0 radical (unpaired) electrons. The van der Waals surface area contributed by atoms with Gasteiger partial charge in [-0.3, -0.25) is 0 Å². The van der Waals surface area contributed by atoms with Crippen LogP contribution < -0.4 is 20.5 Å². The van der Waals surface area contributed by atoms with Crippen molar-refractivity contribution in [1.82, 2.24) is 0 Å². The number of benzene rings is 2. The van der Waals surface area contributed by atoms with Gasteiger partial charge in [-0.15, -0.1) is 0 Å². The Morgan fingerprint density at radius 2 is 2.00 bits per heavy atom. The fraction of sp³-hybridized carbons (Fsp3) is 0.125. The third-order valence-electron chi connectivity index (χ3n) is 2.92. The summed E-state index contributed by atoms with van der Waals surface area (Å²) in [5.74, 6) is 0.977. The number of methoxy groups -OCH3 is 1. The number of nitrogens with one attached hydrogen (secondary N) is 1. The van der Waals surface area contributed by atoms with Crippen LogP contribution in [-0.4, -0.2) is 12.2 Å². The van der Waals surface area contributed by atoms with Crippen molar-refractivity contribution in [2.24, 2.45) is 5.73 Å². The Bertz CT molecular complexity index is 711. The maximum Gasteiger partial charge on any atom is 0.168 e. The van der Waals surface area contributed by atoms with Gasteiger partial charge in [-0.1, -0.05) is 30.3 Å². The van der Waals surface area contributed by atoms with Gasteiger partial charge in [0.1, 0.15) is 12.7 Å². The van der Waals surface area contributed by atoms with Crippen molar-refractivity contribution in [1.29, 1.82) is 5.26 Å². The third-order valence-corrected chi connectivity index (χ3v) is 3.02. The number of anilines is 1. The van der Waals surface area contributed by atoms with Gasteiger partial charge in [-0.2, -0.15) is 5.26 Å². The fourth-order valence-corrected chi connectivity index (χ4v) is 2.01. The average Bonchev–Trinajstić information content (AvgIpc) is 2.53. The van der Waals surface area contributed by atoms with Gasteiger partial charge in [-0.25, -0.2) is 0 Å². The second-order valence-corrected chi connectivity index (χ2v) is 4.86. The van der Waals surface area contributed by atoms with Crippen LogP contribution in [0.5, 0.6) is 11.5 Å². The molecule has 0 spiro atoms. The highest BCUT2D eigenvalue weighted by Crippen LogP contribution is 2.33. The molecule has 0 aliphatic rings. The van der Waals surface area contributed by atoms with E-state index in [2.05, 4.69) is 11.4 Å². The zero-order chi connectivity index (χ0) is 15.9. The molecule has 0 aromatic heterocycles. The highest BCUT2D eigenvalue weighted by atomic mass is 32.1. The molecule has 22 heavy (non-hydrogen) atoms. The van der Waals surface area contributed by atoms with Crippen LogP contribution in [-0.2, 0) is 6.61 Å². The summed E-state index contributed by atoms with van der Waals surface area (Å²) in [5.41, 5.74) is 7.36. The lowest BCUT2D eigenvalue weighted by Gasteiger charge is -2.14. The van der Waals surface area contributed by atoms with E-state index in [0.717, 1.165) is 5.56 Å². The Labute approximate surface area is 134 Å². The predicted molar refractivity (Wildman–Crippen MR) is 88.9 cm³/mol. The molecule has 2 rings (SSSR count). The van der Waals surface area contributed by atoms with Crippen LogP contribution in [0.15, 0.2) is 42.5 Å². The average molecular weight is 313 g/mol. The molecule has 6 heteroatoms. The SMILES string of the molecule is COc1cc(C#N)c(NC(N)=S)cc1OCc1ccccc1. The molecule has 112 valence electrons. The molecule has 3 N–H and O–H groups in total. The minimum atomic E-state index is 0.0793. The van der Waals surface area contributed by atoms with Crippen molar-refractivity contribution in [3.8, 4) is 17.6 Å². The molecule has 0 bridgehead atoms. The summed E-state index contributed by atoms with van der Waals surface area (Å²) < 4.78 is 11.0. The largest absolute Gasteiger partial charge is 0.493 e. The quantitative estimate of drug-likeness (QED) is 0.826. The van der Waals surface area contributed by atoms with Gasteiger partial charge in [0.15, 0.2) is 16.6 Å². The van der Waals surface area contributed by atoms with Crippen LogP contribution in [0.3, 0.4) is 0 Å². The van der Waals surface area contributed by atoms with Crippen molar-refractivity contribution in [3.63, 3.8) is 0 Å². The zero-order valence-electron chi connectivity index (χ0n) is 12.0. The molecule has 0 aliphatic carbocycles. The van der Waals surface area contributed by atoms with Gasteiger partial charge in [0.25, 0.3) is 0 Å². The van der Waals surface area contributed by atoms with E-state index in [0.29, 0.717) is 29.4 Å². The third kappa shape index (κ3) is 3.87. The first-order valence-corrected chi connectivity index (χ1v) is 6.90. The standard InChI is InChI=1S/C16H15N3O2S/c1-20-14-7-12(9-17)13(19-16(18)22)8-15(14)21-10-11-5-3-2-4-6-11/h2-8H,10H2,1H3,(H3,18,19,22). The topological polar surface area (TPSA) is 80.3 Å². The lowest BCUT2D eigenvalue weighted by atomic mass is 10.1. The second-order valence-electron chi connectivity index (χ2n) is 4.42. The molecule has 0 saturated heterocycles. The summed E-state index contributed by atoms with van der Waals surface area (Å²) in [6.45, 7) is 0.385. The molecule has 0 fully saturated rings. The maximum atomic E-state index is 9.18. The van der Waals surface area contributed by atoms with E-state index < -0.39 is 0 Å². The van der Waals surface area contributed by atoms with Crippen molar-refractivity contribution in [3.05, 3.63) is 53.6 Å². The van der Waals surface area contributed by atoms with Crippen LogP contribution in [0.2, 0.25) is 0 Å². The summed E-state index contributed by atoms with van der Waals surface area (Å²) >= 11 is 4.82. The smallest absolute Gasteiger partial charge is 0.168 e. The van der Waals surface area contributed by atoms with Gasteiger partial charge < -0.3 is 20.5 Å². The highest BCUT2D eigenvalue weighted by molar-refractivity contribution is 7.80. The first kappa shape index (κ1) is 15.6. The molecule has 0 unspecified atom stereocenters. The zero-order valence-corrected chi connectivity index (χ0v) is 12.8. The summed E-state index contributed by atoms with van der Waals surface area (Å²) in [6, 6.07) is 15.0. The molecule has 0 aliphatic heterocycles. The van der Waals surface area contributed by atoms with Gasteiger partial charge in [-0.05, 0) is 17.8 Å². The first-order valence-electron chi connectivity index (χ1n) is 6.49. The summed E-state index contributed by atoms with van der Waals surface area (Å²) in [7, 11) is 1.52. The van der Waals surface area contributed by atoms with Gasteiger partial charge >= 0.3 is 0 Å². The van der Waals surface area contributed by atoms with E-state index in [4.69, 9.17) is 27.4 Å². The number of nitrogens with zero attached hydrogens (tertiary/aromatic N) is 1. The molecule has 2 aromatic rings. The summed E-state index contributed by atoms with van der Waals surface area (Å²) in [6.07, 6.45) is 0. The van der Waals surface area contributed by atoms with Crippen molar-refractivity contribution in [2.45, 2.75) is 6.61 Å². The van der Waals surface area contributed by atoms with Crippen LogP contribution in [0, 0.1) is 11.3 Å². The maximum absolute atomic E-state index is 9.18. The number of nitriles is 1. The number of hydrogen-bond donors (Lipinski definition) is 2. The van der Waals surface area contributed by atoms with E-state index in [1.807, 2.05) is 30.3 Å². The van der Waals surface area contributed by atoms with Crippen LogP contribution in [0.1, 0.15) is 11.1 Å². The number of hydrogen-bond acceptors (Lipinski definition) is 4. The fourth-order valence-electron chi connectivity index (χ4n) is 1.90. The molecule has 0 heterocycles. The van der Waals surface area contributed by atoms with Crippen LogP contribution >= 0.6 is 12.2 Å². The minimum Gasteiger partial charge on any atom is -0.493 e. The Hall–Kier alpha value is -2.78. The number of ether oxygens (including phenoxy) is 2. The lowest BCUT2D eigenvalue weighted by Crippen LogP contribution is -2.19. The minimum absolute atomic E-state index is 0.0793. The van der Waals surface area contributed by atoms with Crippen molar-refractivity contribution >= 4 is 23.0 Å². The van der Waals surface area contributed by atoms with Crippen molar-refractivity contribution in [2.75, 3.05) is 12.4 Å². The molecule has 2 aromatic carbocycles. The number of rotatable bonds is 5. The van der Waals surface area contributed by atoms with Crippen LogP contribution in [0.25, 0.3) is 0 Å². The molecular formula is C16H15N3O2S. The second kappa shape index (κ2) is 7.29. The van der Waals surface area contributed by atoms with Gasteiger partial charge in [0, 0.05) is 12.1 Å². The monoisotopic (exact) mass is 313 g/mol. The number of thiocarbonyl (C=S) groups is 1. The predicted octanol–water partition coefficient (Wildman–Crippen LogP) is 2.80. The normalized spacial score (nSPS) is 9.64. The number of nitrogens with two attached hydrogens (primary N) is 1.